The van der Waals surface area contributed by atoms with Gasteiger partial charge in [0.25, 0.3) is 11.0 Å². The number of aryl methyl sites for hydroxylation is 1. The predicted octanol–water partition coefficient (Wildman–Crippen LogP) is 3.76. The second kappa shape index (κ2) is 16.2. The number of hydrogen-bond acceptors (Lipinski definition) is 6. The van der Waals surface area contributed by atoms with Crippen LogP contribution in [0.2, 0.25) is 0 Å². The number of fused-ring (bicyclic) bond motifs is 1. The first kappa shape index (κ1) is 28.5. The zero-order valence-corrected chi connectivity index (χ0v) is 18.4. The fourth-order valence-corrected chi connectivity index (χ4v) is 2.71. The van der Waals surface area contributed by atoms with Crippen LogP contribution < -0.4 is 10.6 Å². The number of carbonyl (C=O) groups excluding carboxylic acids is 1. The van der Waals surface area contributed by atoms with Crippen LogP contribution >= 0.6 is 0 Å². The number of methoxy groups -OCH3 is 1. The van der Waals surface area contributed by atoms with E-state index < -0.39 is 16.5 Å². The Bertz CT molecular complexity index is 741. The fraction of sp³-hybridized carbons (Fsp3) is 0.450. The van der Waals surface area contributed by atoms with Crippen molar-refractivity contribution < 1.29 is 26.9 Å². The lowest BCUT2D eigenvalue weighted by molar-refractivity contribution is -0.0980. The van der Waals surface area contributed by atoms with Crippen molar-refractivity contribution in [2.45, 2.75) is 31.7 Å². The highest BCUT2D eigenvalue weighted by molar-refractivity contribution is 7.84. The van der Waals surface area contributed by atoms with Crippen LogP contribution in [0.25, 0.3) is 0 Å². The van der Waals surface area contributed by atoms with Gasteiger partial charge in [-0.05, 0) is 18.4 Å². The summed E-state index contributed by atoms with van der Waals surface area (Å²) in [4.78, 5) is 16.9. The van der Waals surface area contributed by atoms with Gasteiger partial charge in [0.05, 0.1) is 7.11 Å². The number of allylic oxidation sites excluding steroid dienone is 2. The van der Waals surface area contributed by atoms with Gasteiger partial charge in [-0.1, -0.05) is 43.3 Å². The van der Waals surface area contributed by atoms with Crippen LogP contribution in [0.15, 0.2) is 58.0 Å². The Kier molecular flexibility index (Phi) is 14.9. The third-order valence-corrected chi connectivity index (χ3v) is 4.60. The summed E-state index contributed by atoms with van der Waals surface area (Å²) in [5.74, 6) is 1.14. The van der Waals surface area contributed by atoms with Crippen molar-refractivity contribution in [2.75, 3.05) is 26.7 Å². The summed E-state index contributed by atoms with van der Waals surface area (Å²) in [6, 6.07) is 10.5. The lowest BCUT2D eigenvalue weighted by Crippen LogP contribution is -2.20. The van der Waals surface area contributed by atoms with Gasteiger partial charge >= 0.3 is 5.51 Å². The molecule has 2 N–H and O–H groups in total. The summed E-state index contributed by atoms with van der Waals surface area (Å²) in [6.45, 7) is 7.13. The summed E-state index contributed by atoms with van der Waals surface area (Å²) in [7, 11) is -1.81. The van der Waals surface area contributed by atoms with Crippen molar-refractivity contribution in [1.82, 2.24) is 10.6 Å². The molecule has 0 saturated carbocycles. The number of benzene rings is 1. The number of nitroso groups, excluding NO2 is 1. The molecule has 1 unspecified atom stereocenters. The minimum atomic E-state index is -5.00. The van der Waals surface area contributed by atoms with E-state index >= 15 is 0 Å². The van der Waals surface area contributed by atoms with Crippen molar-refractivity contribution in [1.29, 1.82) is 0 Å². The molecule has 0 spiro atoms. The summed E-state index contributed by atoms with van der Waals surface area (Å²) < 4.78 is 48.5. The van der Waals surface area contributed by atoms with E-state index in [1.54, 1.807) is 7.11 Å². The van der Waals surface area contributed by atoms with Crippen molar-refractivity contribution in [3.05, 3.63) is 63.9 Å². The molecule has 1 aromatic rings. The molecule has 0 aromatic heterocycles. The van der Waals surface area contributed by atoms with Gasteiger partial charge in [-0.15, -0.1) is 4.91 Å². The number of nitrogens with zero attached hydrogens (tertiary/aromatic N) is 1. The van der Waals surface area contributed by atoms with Gasteiger partial charge in [0.1, 0.15) is 12.5 Å². The number of nitrogens with one attached hydrogen (secondary N) is 2. The van der Waals surface area contributed by atoms with Gasteiger partial charge in [0.2, 0.25) is 0 Å². The largest absolute Gasteiger partial charge is 0.501 e. The molecule has 1 aliphatic heterocycles. The van der Waals surface area contributed by atoms with E-state index in [0.29, 0.717) is 0 Å². The van der Waals surface area contributed by atoms with Crippen LogP contribution in [0.4, 0.5) is 13.2 Å². The Morgan fingerprint density at radius 1 is 1.19 bits per heavy atom. The normalized spacial score (nSPS) is 16.0. The van der Waals surface area contributed by atoms with Crippen molar-refractivity contribution in [2.24, 2.45) is 4.58 Å². The lowest BCUT2D eigenvalue weighted by atomic mass is 10.0. The minimum absolute atomic E-state index is 0.933. The smallest absolute Gasteiger partial charge is 0.495 e. The van der Waals surface area contributed by atoms with E-state index in [9.17, 15) is 17.4 Å². The Hall–Kier alpha value is -2.53. The molecular weight excluding hydrogens is 435 g/mol. The van der Waals surface area contributed by atoms with Crippen LogP contribution in [-0.2, 0) is 26.9 Å². The number of halogens is 3. The third kappa shape index (κ3) is 11.4. The lowest BCUT2D eigenvalue weighted by Gasteiger charge is -2.19. The number of ether oxygens (including phenoxy) is 1. The Balaban J connectivity index is 0.000000439. The Labute approximate surface area is 182 Å². The molecule has 1 heterocycles. The number of hydrogen-bond donors (Lipinski definition) is 2. The van der Waals surface area contributed by atoms with Gasteiger partial charge in [-0.25, -0.2) is 4.21 Å². The Morgan fingerprint density at radius 3 is 2.29 bits per heavy atom. The van der Waals surface area contributed by atoms with E-state index in [1.807, 2.05) is 12.9 Å². The van der Waals surface area contributed by atoms with E-state index in [4.69, 9.17) is 14.4 Å². The molecule has 3 rings (SSSR count). The molecule has 174 valence electrons. The van der Waals surface area contributed by atoms with E-state index in [2.05, 4.69) is 47.9 Å². The Morgan fingerprint density at radius 2 is 1.84 bits per heavy atom. The maximum absolute atomic E-state index is 10.9. The molecule has 1 fully saturated rings. The second-order valence-corrected chi connectivity index (χ2v) is 7.08. The molecule has 2 aliphatic rings. The van der Waals surface area contributed by atoms with Gasteiger partial charge in [-0.2, -0.15) is 13.2 Å². The van der Waals surface area contributed by atoms with E-state index in [1.165, 1.54) is 21.4 Å². The van der Waals surface area contributed by atoms with E-state index in [0.717, 1.165) is 44.7 Å². The maximum atomic E-state index is 10.9. The van der Waals surface area contributed by atoms with Crippen LogP contribution in [0.3, 0.4) is 0 Å². The van der Waals surface area contributed by atoms with Gasteiger partial charge in [0, 0.05) is 41.9 Å². The molecule has 7 nitrogen and oxygen atoms in total. The molecule has 1 aromatic carbocycles. The topological polar surface area (TPSA) is 96.9 Å². The van der Waals surface area contributed by atoms with E-state index in [-0.39, 0.29) is 0 Å². The highest BCUT2D eigenvalue weighted by atomic mass is 32.2. The summed E-state index contributed by atoms with van der Waals surface area (Å²) in [5, 5.41) is 6.78. The molecule has 31 heavy (non-hydrogen) atoms. The van der Waals surface area contributed by atoms with Crippen LogP contribution in [0.5, 0.6) is 0 Å². The molecule has 0 amide bonds. The molecule has 0 radical (unpaired) electrons. The summed E-state index contributed by atoms with van der Waals surface area (Å²) in [6.07, 6.45) is 5.54. The van der Waals surface area contributed by atoms with Crippen molar-refractivity contribution in [3.63, 3.8) is 0 Å². The fourth-order valence-electron chi connectivity index (χ4n) is 2.62. The molecule has 1 aliphatic carbocycles. The second-order valence-electron chi connectivity index (χ2n) is 5.97. The standard InChI is InChI=1S/C10H16N2O.C8H10.CF3NO2S.CH2O/c1-13-10-4-2-3-9-8(10)7-11-5-6-12-9;1-2-8-6-4-3-5-7-8;2-1(3,4)8(7)5-6;1-2/h3,11-12H,2,4-7H2,1H3;3-7H,2H2,1H3;;1H2. The van der Waals surface area contributed by atoms with Crippen molar-refractivity contribution in [3.8, 4) is 0 Å². The van der Waals surface area contributed by atoms with Gasteiger partial charge < -0.3 is 20.2 Å². The molecular formula is C20H28F3N3O4S. The molecule has 11 heteroatoms. The molecule has 1 saturated heterocycles. The molecule has 1 atom stereocenters. The molecule has 0 bridgehead atoms. The highest BCUT2D eigenvalue weighted by Crippen LogP contribution is 2.24. The predicted molar refractivity (Wildman–Crippen MR) is 115 cm³/mol. The van der Waals surface area contributed by atoms with Crippen LogP contribution in [0, 0.1) is 4.91 Å². The van der Waals surface area contributed by atoms with Crippen molar-refractivity contribution >= 4 is 17.8 Å². The minimum Gasteiger partial charge on any atom is -0.501 e. The number of alkyl halides is 3. The first-order valence-electron chi connectivity index (χ1n) is 9.39. The average molecular weight is 464 g/mol. The van der Waals surface area contributed by atoms with Crippen LogP contribution in [-0.4, -0.2) is 43.3 Å². The monoisotopic (exact) mass is 463 g/mol. The van der Waals surface area contributed by atoms with Gasteiger partial charge in [0.15, 0.2) is 0 Å². The highest BCUT2D eigenvalue weighted by Gasteiger charge is 2.38. The quantitative estimate of drug-likeness (QED) is 0.663. The zero-order chi connectivity index (χ0) is 23.7. The summed E-state index contributed by atoms with van der Waals surface area (Å²) in [5.41, 5.74) is -1.01. The maximum Gasteiger partial charge on any atom is 0.495 e. The van der Waals surface area contributed by atoms with Crippen LogP contribution in [0.1, 0.15) is 25.3 Å². The zero-order valence-electron chi connectivity index (χ0n) is 17.5. The first-order valence-corrected chi connectivity index (χ1v) is 10.5. The summed E-state index contributed by atoms with van der Waals surface area (Å²) >= 11 is 0. The van der Waals surface area contributed by atoms with Gasteiger partial charge in [-0.3, -0.25) is 0 Å². The first-order chi connectivity index (χ1) is 14.8. The number of rotatable bonds is 3. The average Bonchev–Trinajstić information content (AvgIpc) is 3.06. The number of carbonyl (C=O) groups is 1. The third-order valence-electron chi connectivity index (χ3n) is 4.06. The SMILES string of the molecule is C=O.CCc1ccccc1.COC1=C2CNCCNC2=CCC1.O=NS(=O)C(F)(F)F.